The molecule has 0 aliphatic carbocycles. The average Bonchev–Trinajstić information content (AvgIpc) is 3.48. The summed E-state index contributed by atoms with van der Waals surface area (Å²) in [6.07, 6.45) is 5.40. The number of hydrogen-bond donors (Lipinski definition) is 1. The van der Waals surface area contributed by atoms with Crippen molar-refractivity contribution >= 4 is 29.3 Å². The number of carbonyl (C=O) groups excluding carboxylic acids is 2. The zero-order valence-electron chi connectivity index (χ0n) is 17.2. The number of pyridine rings is 1. The lowest BCUT2D eigenvalue weighted by Gasteiger charge is -2.12. The first kappa shape index (κ1) is 21.3. The first-order chi connectivity index (χ1) is 15.7. The molecule has 32 heavy (non-hydrogen) atoms. The zero-order valence-corrected chi connectivity index (χ0v) is 18.0. The highest BCUT2D eigenvalue weighted by molar-refractivity contribution is 7.99. The Labute approximate surface area is 188 Å². The van der Waals surface area contributed by atoms with Gasteiger partial charge >= 0.3 is 5.97 Å². The van der Waals surface area contributed by atoms with E-state index in [2.05, 4.69) is 20.5 Å². The van der Waals surface area contributed by atoms with Crippen molar-refractivity contribution in [3.05, 3.63) is 78.8 Å². The molecule has 4 rings (SSSR count). The second kappa shape index (κ2) is 9.92. The highest BCUT2D eigenvalue weighted by Gasteiger charge is 2.19. The maximum absolute atomic E-state index is 12.6. The molecule has 0 spiro atoms. The minimum atomic E-state index is -0.483. The van der Waals surface area contributed by atoms with Crippen molar-refractivity contribution in [1.29, 1.82) is 0 Å². The van der Waals surface area contributed by atoms with Crippen LogP contribution in [-0.4, -0.2) is 48.8 Å². The van der Waals surface area contributed by atoms with Crippen LogP contribution in [0.4, 0.5) is 5.69 Å². The van der Waals surface area contributed by atoms with E-state index in [4.69, 9.17) is 4.74 Å². The van der Waals surface area contributed by atoms with Gasteiger partial charge in [-0.05, 0) is 43.3 Å². The van der Waals surface area contributed by atoms with Gasteiger partial charge in [-0.2, -0.15) is 0 Å². The molecule has 0 fully saturated rings. The van der Waals surface area contributed by atoms with Gasteiger partial charge in [0, 0.05) is 18.6 Å². The average molecular weight is 449 g/mol. The van der Waals surface area contributed by atoms with Crippen LogP contribution in [0.3, 0.4) is 0 Å². The molecule has 0 radical (unpaired) electrons. The Bertz CT molecular complexity index is 1210. The Kier molecular flexibility index (Phi) is 6.61. The third kappa shape index (κ3) is 4.70. The smallest absolute Gasteiger partial charge is 0.340 e. The predicted octanol–water partition coefficient (Wildman–Crippen LogP) is 3.36. The number of carbonyl (C=O) groups is 2. The SMILES string of the molecule is CCOC(=O)c1ccccc1NC(=O)CSc1nnc(-c2ccccn2)n1-n1cccc1. The first-order valence-electron chi connectivity index (χ1n) is 9.86. The lowest BCUT2D eigenvalue weighted by Crippen LogP contribution is -2.18. The van der Waals surface area contributed by atoms with Crippen LogP contribution in [-0.2, 0) is 9.53 Å². The number of para-hydroxylation sites is 1. The van der Waals surface area contributed by atoms with Gasteiger partial charge < -0.3 is 10.1 Å². The maximum atomic E-state index is 12.6. The van der Waals surface area contributed by atoms with Crippen LogP contribution in [0.2, 0.25) is 0 Å². The molecular weight excluding hydrogens is 428 g/mol. The van der Waals surface area contributed by atoms with E-state index in [1.165, 1.54) is 11.8 Å². The Morgan fingerprint density at radius 3 is 2.56 bits per heavy atom. The first-order valence-corrected chi connectivity index (χ1v) is 10.8. The van der Waals surface area contributed by atoms with Crippen LogP contribution in [0.5, 0.6) is 0 Å². The summed E-state index contributed by atoms with van der Waals surface area (Å²) in [4.78, 5) is 29.1. The molecule has 1 aromatic carbocycles. The summed E-state index contributed by atoms with van der Waals surface area (Å²) < 4.78 is 8.66. The monoisotopic (exact) mass is 448 g/mol. The van der Waals surface area contributed by atoms with Gasteiger partial charge in [0.15, 0.2) is 0 Å². The van der Waals surface area contributed by atoms with Gasteiger partial charge in [-0.3, -0.25) is 14.5 Å². The van der Waals surface area contributed by atoms with Gasteiger partial charge in [-0.1, -0.05) is 30.0 Å². The molecule has 1 amide bonds. The molecule has 1 N–H and O–H groups in total. The fourth-order valence-electron chi connectivity index (χ4n) is 2.97. The molecule has 3 aromatic heterocycles. The quantitative estimate of drug-likeness (QED) is 0.326. The van der Waals surface area contributed by atoms with Gasteiger partial charge in [0.05, 0.1) is 23.6 Å². The number of ether oxygens (including phenoxy) is 1. The molecule has 0 unspecified atom stereocenters. The topological polar surface area (TPSA) is 104 Å². The minimum Gasteiger partial charge on any atom is -0.462 e. The van der Waals surface area contributed by atoms with Gasteiger partial charge in [-0.15, -0.1) is 10.2 Å². The lowest BCUT2D eigenvalue weighted by atomic mass is 10.2. The molecule has 9 nitrogen and oxygen atoms in total. The standard InChI is InChI=1S/C22H20N6O3S/c1-2-31-21(30)16-9-3-4-10-17(16)24-19(29)15-32-22-26-25-20(18-11-5-6-12-23-18)28(22)27-13-7-8-14-27/h3-14H,2,15H2,1H3,(H,24,29). The number of nitrogens with zero attached hydrogens (tertiary/aromatic N) is 5. The van der Waals surface area contributed by atoms with Gasteiger partial charge in [0.2, 0.25) is 16.9 Å². The van der Waals surface area contributed by atoms with Crippen molar-refractivity contribution in [2.24, 2.45) is 0 Å². The van der Waals surface area contributed by atoms with Gasteiger partial charge in [0.1, 0.15) is 5.69 Å². The van der Waals surface area contributed by atoms with E-state index in [0.717, 1.165) is 0 Å². The Morgan fingerprint density at radius 2 is 1.81 bits per heavy atom. The van der Waals surface area contributed by atoms with E-state index in [9.17, 15) is 9.59 Å². The van der Waals surface area contributed by atoms with Crippen LogP contribution in [0.15, 0.2) is 78.3 Å². The fourth-order valence-corrected chi connectivity index (χ4v) is 3.71. The predicted molar refractivity (Wildman–Crippen MR) is 120 cm³/mol. The highest BCUT2D eigenvalue weighted by Crippen LogP contribution is 2.24. The van der Waals surface area contributed by atoms with Crippen LogP contribution in [0.25, 0.3) is 11.5 Å². The summed E-state index contributed by atoms with van der Waals surface area (Å²) in [5, 5.41) is 11.8. The number of anilines is 1. The summed E-state index contributed by atoms with van der Waals surface area (Å²) in [6, 6.07) is 16.1. The van der Waals surface area contributed by atoms with Crippen molar-refractivity contribution in [2.45, 2.75) is 12.1 Å². The van der Waals surface area contributed by atoms with E-state index in [1.807, 2.05) is 47.4 Å². The second-order valence-corrected chi connectivity index (χ2v) is 7.44. The number of nitrogens with one attached hydrogen (secondary N) is 1. The van der Waals surface area contributed by atoms with Gasteiger partial charge in [0.25, 0.3) is 0 Å². The molecule has 0 atom stereocenters. The van der Waals surface area contributed by atoms with Crippen LogP contribution >= 0.6 is 11.8 Å². The normalized spacial score (nSPS) is 10.7. The van der Waals surface area contributed by atoms with Crippen LogP contribution in [0.1, 0.15) is 17.3 Å². The van der Waals surface area contributed by atoms with Crippen molar-refractivity contribution in [1.82, 2.24) is 24.5 Å². The Morgan fingerprint density at radius 1 is 1.03 bits per heavy atom. The number of rotatable bonds is 8. The molecular formula is C22H20N6O3S. The largest absolute Gasteiger partial charge is 0.462 e. The maximum Gasteiger partial charge on any atom is 0.340 e. The Balaban J connectivity index is 1.52. The van der Waals surface area contributed by atoms with E-state index in [-0.39, 0.29) is 18.3 Å². The van der Waals surface area contributed by atoms with Crippen LogP contribution in [0, 0.1) is 0 Å². The molecule has 10 heteroatoms. The number of amides is 1. The number of hydrogen-bond acceptors (Lipinski definition) is 7. The molecule has 0 aliphatic rings. The molecule has 0 aliphatic heterocycles. The Hall–Kier alpha value is -3.92. The molecule has 0 bridgehead atoms. The number of benzene rings is 1. The number of esters is 1. The van der Waals surface area contributed by atoms with Crippen LogP contribution < -0.4 is 5.32 Å². The van der Waals surface area contributed by atoms with Crippen molar-refractivity contribution in [3.63, 3.8) is 0 Å². The molecule has 4 aromatic rings. The van der Waals surface area contributed by atoms with E-state index in [1.54, 1.807) is 42.1 Å². The van der Waals surface area contributed by atoms with E-state index in [0.29, 0.717) is 27.9 Å². The molecule has 0 saturated heterocycles. The number of aromatic nitrogens is 5. The summed E-state index contributed by atoms with van der Waals surface area (Å²) in [7, 11) is 0. The molecule has 3 heterocycles. The van der Waals surface area contributed by atoms with Crippen molar-refractivity contribution in [3.8, 4) is 11.5 Å². The minimum absolute atomic E-state index is 0.0682. The summed E-state index contributed by atoms with van der Waals surface area (Å²) in [5.74, 6) is -0.146. The number of thioether (sulfide) groups is 1. The third-order valence-corrected chi connectivity index (χ3v) is 5.27. The molecule has 162 valence electrons. The van der Waals surface area contributed by atoms with E-state index >= 15 is 0 Å². The molecule has 0 saturated carbocycles. The van der Waals surface area contributed by atoms with E-state index < -0.39 is 5.97 Å². The summed E-state index contributed by atoms with van der Waals surface area (Å²) in [6.45, 7) is 1.99. The fraction of sp³-hybridized carbons (Fsp3) is 0.136. The zero-order chi connectivity index (χ0) is 22.3. The summed E-state index contributed by atoms with van der Waals surface area (Å²) >= 11 is 1.23. The second-order valence-electron chi connectivity index (χ2n) is 6.50. The summed E-state index contributed by atoms with van der Waals surface area (Å²) in [5.41, 5.74) is 1.37. The highest BCUT2D eigenvalue weighted by atomic mass is 32.2. The van der Waals surface area contributed by atoms with Crippen molar-refractivity contribution in [2.75, 3.05) is 17.7 Å². The van der Waals surface area contributed by atoms with Crippen molar-refractivity contribution < 1.29 is 14.3 Å². The lowest BCUT2D eigenvalue weighted by molar-refractivity contribution is -0.113. The van der Waals surface area contributed by atoms with Gasteiger partial charge in [-0.25, -0.2) is 9.47 Å². The third-order valence-electron chi connectivity index (χ3n) is 4.35.